The first-order chi connectivity index (χ1) is 32.2. The SMILES string of the molecule is C=C/C(=C\C(=C/c1ccccc1)c1c2ccccc2c(C(/C=C(\C=C\c2ccccc2)c2ccccc2)=C/C)c2ccc(-c3cc4ccccc4c4ncccc34)cc12)c1ccccc1. The Morgan fingerprint density at radius 3 is 1.65 bits per heavy atom. The first-order valence-electron chi connectivity index (χ1n) is 22.3. The Hall–Kier alpha value is -8.39. The van der Waals surface area contributed by atoms with Gasteiger partial charge in [-0.3, -0.25) is 4.98 Å². The van der Waals surface area contributed by atoms with Crippen LogP contribution in [0.1, 0.15) is 40.3 Å². The van der Waals surface area contributed by atoms with Crippen LogP contribution in [-0.4, -0.2) is 4.98 Å². The second-order valence-corrected chi connectivity index (χ2v) is 16.2. The maximum atomic E-state index is 4.95. The molecule has 9 aromatic carbocycles. The summed E-state index contributed by atoms with van der Waals surface area (Å²) in [5.41, 5.74) is 14.6. The van der Waals surface area contributed by atoms with Gasteiger partial charge in [-0.15, -0.1) is 0 Å². The van der Waals surface area contributed by atoms with Crippen LogP contribution in [0.4, 0.5) is 0 Å². The largest absolute Gasteiger partial charge is 0.256 e. The topological polar surface area (TPSA) is 12.9 Å². The van der Waals surface area contributed by atoms with E-state index < -0.39 is 0 Å². The first kappa shape index (κ1) is 40.7. The van der Waals surface area contributed by atoms with Crippen LogP contribution in [0, 0.1) is 0 Å². The number of pyridine rings is 1. The molecule has 65 heavy (non-hydrogen) atoms. The molecule has 0 radical (unpaired) electrons. The van der Waals surface area contributed by atoms with Crippen molar-refractivity contribution in [2.75, 3.05) is 0 Å². The summed E-state index contributed by atoms with van der Waals surface area (Å²) < 4.78 is 0. The Morgan fingerprint density at radius 2 is 0.985 bits per heavy atom. The zero-order valence-electron chi connectivity index (χ0n) is 36.4. The van der Waals surface area contributed by atoms with Crippen molar-refractivity contribution in [1.82, 2.24) is 4.98 Å². The van der Waals surface area contributed by atoms with E-state index in [1.165, 1.54) is 21.7 Å². The fraction of sp³-hybridized carbons (Fsp3) is 0.0156. The molecule has 1 aromatic heterocycles. The molecular weight excluding hydrogens is 783 g/mol. The van der Waals surface area contributed by atoms with Crippen LogP contribution < -0.4 is 0 Å². The third-order valence-corrected chi connectivity index (χ3v) is 12.3. The summed E-state index contributed by atoms with van der Waals surface area (Å²) in [6.45, 7) is 6.50. The monoisotopic (exact) mass is 829 g/mol. The molecular formula is C64H47N. The summed E-state index contributed by atoms with van der Waals surface area (Å²) in [6, 6.07) is 73.6. The molecule has 0 N–H and O–H groups in total. The van der Waals surface area contributed by atoms with Gasteiger partial charge in [0.25, 0.3) is 0 Å². The van der Waals surface area contributed by atoms with E-state index in [1.54, 1.807) is 0 Å². The molecule has 0 bridgehead atoms. The summed E-state index contributed by atoms with van der Waals surface area (Å²) in [5, 5.41) is 8.11. The van der Waals surface area contributed by atoms with E-state index in [0.29, 0.717) is 0 Å². The average Bonchev–Trinajstić information content (AvgIpc) is 3.38. The molecule has 0 amide bonds. The number of rotatable bonds is 11. The zero-order valence-corrected chi connectivity index (χ0v) is 36.4. The van der Waals surface area contributed by atoms with Gasteiger partial charge in [0.05, 0.1) is 5.52 Å². The molecule has 0 aliphatic rings. The third kappa shape index (κ3) is 8.32. The lowest BCUT2D eigenvalue weighted by atomic mass is 9.82. The van der Waals surface area contributed by atoms with Crippen LogP contribution in [0.3, 0.4) is 0 Å². The molecule has 0 saturated carbocycles. The highest BCUT2D eigenvalue weighted by Gasteiger charge is 2.20. The Labute approximate surface area is 381 Å². The van der Waals surface area contributed by atoms with Crippen molar-refractivity contribution in [3.8, 4) is 11.1 Å². The number of hydrogen-bond acceptors (Lipinski definition) is 1. The molecule has 0 atom stereocenters. The molecule has 1 heteroatoms. The molecule has 1 heterocycles. The van der Waals surface area contributed by atoms with E-state index in [0.717, 1.165) is 88.3 Å². The first-order valence-corrected chi connectivity index (χ1v) is 22.3. The lowest BCUT2D eigenvalue weighted by molar-refractivity contribution is 1.43. The molecule has 0 fully saturated rings. The molecule has 0 aliphatic heterocycles. The smallest absolute Gasteiger partial charge is 0.0786 e. The number of hydrogen-bond donors (Lipinski definition) is 0. The number of benzene rings is 9. The van der Waals surface area contributed by atoms with Gasteiger partial charge in [0, 0.05) is 17.0 Å². The fourth-order valence-corrected chi connectivity index (χ4v) is 9.16. The van der Waals surface area contributed by atoms with Gasteiger partial charge in [-0.05, 0) is 137 Å². The normalized spacial score (nSPS) is 12.8. The summed E-state index contributed by atoms with van der Waals surface area (Å²) in [6.07, 6.45) is 17.6. The van der Waals surface area contributed by atoms with Crippen LogP contribution in [0.25, 0.3) is 88.8 Å². The van der Waals surface area contributed by atoms with Crippen molar-refractivity contribution in [2.24, 2.45) is 0 Å². The summed E-state index contributed by atoms with van der Waals surface area (Å²) in [5.74, 6) is 0. The summed E-state index contributed by atoms with van der Waals surface area (Å²) >= 11 is 0. The minimum absolute atomic E-state index is 1.00. The Balaban J connectivity index is 1.31. The molecule has 308 valence electrons. The van der Waals surface area contributed by atoms with Crippen LogP contribution >= 0.6 is 0 Å². The van der Waals surface area contributed by atoms with Crippen LogP contribution in [-0.2, 0) is 0 Å². The van der Waals surface area contributed by atoms with Gasteiger partial charge in [-0.25, -0.2) is 0 Å². The van der Waals surface area contributed by atoms with Crippen molar-refractivity contribution >= 4 is 77.7 Å². The second-order valence-electron chi connectivity index (χ2n) is 16.2. The van der Waals surface area contributed by atoms with Gasteiger partial charge >= 0.3 is 0 Å². The maximum absolute atomic E-state index is 4.95. The molecule has 10 aromatic rings. The Morgan fingerprint density at radius 1 is 0.446 bits per heavy atom. The predicted octanol–water partition coefficient (Wildman–Crippen LogP) is 17.4. The average molecular weight is 830 g/mol. The van der Waals surface area contributed by atoms with E-state index in [4.69, 9.17) is 4.98 Å². The highest BCUT2D eigenvalue weighted by molar-refractivity contribution is 6.21. The van der Waals surface area contributed by atoms with Crippen molar-refractivity contribution in [3.05, 3.63) is 283 Å². The fourth-order valence-electron chi connectivity index (χ4n) is 9.16. The molecule has 0 saturated heterocycles. The van der Waals surface area contributed by atoms with E-state index in [2.05, 4.69) is 250 Å². The van der Waals surface area contributed by atoms with Crippen molar-refractivity contribution in [1.29, 1.82) is 0 Å². The highest BCUT2D eigenvalue weighted by atomic mass is 14.6. The van der Waals surface area contributed by atoms with E-state index in [9.17, 15) is 0 Å². The maximum Gasteiger partial charge on any atom is 0.0786 e. The van der Waals surface area contributed by atoms with Gasteiger partial charge in [-0.1, -0.05) is 219 Å². The van der Waals surface area contributed by atoms with Crippen LogP contribution in [0.15, 0.2) is 249 Å². The highest BCUT2D eigenvalue weighted by Crippen LogP contribution is 2.45. The van der Waals surface area contributed by atoms with Crippen LogP contribution in [0.2, 0.25) is 0 Å². The number of allylic oxidation sites excluding steroid dienone is 9. The molecule has 1 nitrogen and oxygen atoms in total. The minimum atomic E-state index is 1.00. The van der Waals surface area contributed by atoms with Gasteiger partial charge in [-0.2, -0.15) is 0 Å². The van der Waals surface area contributed by atoms with Gasteiger partial charge in [0.1, 0.15) is 0 Å². The molecule has 0 aliphatic carbocycles. The predicted molar refractivity (Wildman–Crippen MR) is 282 cm³/mol. The minimum Gasteiger partial charge on any atom is -0.256 e. The van der Waals surface area contributed by atoms with Crippen molar-refractivity contribution in [2.45, 2.75) is 6.92 Å². The Kier molecular flexibility index (Phi) is 11.6. The number of fused-ring (bicyclic) bond motifs is 5. The van der Waals surface area contributed by atoms with Crippen molar-refractivity contribution in [3.63, 3.8) is 0 Å². The molecule has 0 unspecified atom stereocenters. The number of aromatic nitrogens is 1. The third-order valence-electron chi connectivity index (χ3n) is 12.3. The van der Waals surface area contributed by atoms with E-state index >= 15 is 0 Å². The van der Waals surface area contributed by atoms with Gasteiger partial charge in [0.2, 0.25) is 0 Å². The Bertz CT molecular complexity index is 3520. The van der Waals surface area contributed by atoms with Gasteiger partial charge in [0.15, 0.2) is 0 Å². The van der Waals surface area contributed by atoms with E-state index in [-0.39, 0.29) is 0 Å². The van der Waals surface area contributed by atoms with Crippen LogP contribution in [0.5, 0.6) is 0 Å². The molecule has 0 spiro atoms. The lowest BCUT2D eigenvalue weighted by Crippen LogP contribution is -1.97. The van der Waals surface area contributed by atoms with Gasteiger partial charge < -0.3 is 0 Å². The summed E-state index contributed by atoms with van der Waals surface area (Å²) in [4.78, 5) is 4.95. The lowest BCUT2D eigenvalue weighted by Gasteiger charge is -2.21. The van der Waals surface area contributed by atoms with E-state index in [1.807, 2.05) is 18.3 Å². The quantitative estimate of drug-likeness (QED) is 0.0548. The zero-order chi connectivity index (χ0) is 44.0. The summed E-state index contributed by atoms with van der Waals surface area (Å²) in [7, 11) is 0. The molecule has 10 rings (SSSR count). The van der Waals surface area contributed by atoms with Crippen molar-refractivity contribution < 1.29 is 0 Å². The standard InChI is InChI=1S/C64H47N/c1-3-47(49-26-13-7-14-27-49)41-54(40-46-24-11-6-12-25-46)63-57-33-20-19-32-56(57)62(48(4-2)42-51(50-28-15-8-16-29-50)36-35-45-22-9-5-10-23-45)58-38-37-53(44-61(58)63)60-43-52-30-17-18-31-55(52)64-59(60)34-21-39-65-64/h3-44H,1H2,2H3/b36-35+,47-41+,48-4+,51-42+,54-40+. The second kappa shape index (κ2) is 18.5. The number of nitrogens with zero attached hydrogens (tertiary/aromatic N) is 1.